The number of carbonyl (C=O) groups is 1. The second-order valence-corrected chi connectivity index (χ2v) is 2.91. The smallest absolute Gasteiger partial charge is 0.159 e. The lowest BCUT2D eigenvalue weighted by molar-refractivity contribution is 0.101. The van der Waals surface area contributed by atoms with Crippen LogP contribution < -0.4 is 5.14 Å². The molecule has 2 nitrogen and oxygen atoms in total. The topological polar surface area (TPSA) is 43.1 Å². The van der Waals surface area contributed by atoms with Crippen molar-refractivity contribution in [1.29, 1.82) is 0 Å². The highest BCUT2D eigenvalue weighted by atomic mass is 32.2. The standard InChI is InChI=1S/C8H9NOS.C2H6/c1-6(10)7-2-4-8(11-9)5-3-7;1-2/h2-5H,9H2,1H3;1-2H3. The van der Waals surface area contributed by atoms with Gasteiger partial charge in [0.25, 0.3) is 0 Å². The van der Waals surface area contributed by atoms with E-state index in [2.05, 4.69) is 0 Å². The van der Waals surface area contributed by atoms with Crippen molar-refractivity contribution in [1.82, 2.24) is 0 Å². The van der Waals surface area contributed by atoms with Crippen LogP contribution in [0.15, 0.2) is 29.2 Å². The molecule has 2 N–H and O–H groups in total. The zero-order valence-corrected chi connectivity index (χ0v) is 9.02. The summed E-state index contributed by atoms with van der Waals surface area (Å²) in [4.78, 5) is 11.8. The lowest BCUT2D eigenvalue weighted by Gasteiger charge is -1.96. The molecule has 0 amide bonds. The Morgan fingerprint density at radius 1 is 1.23 bits per heavy atom. The molecule has 0 aliphatic carbocycles. The van der Waals surface area contributed by atoms with Gasteiger partial charge in [-0.15, -0.1) is 0 Å². The van der Waals surface area contributed by atoms with Crippen LogP contribution in [0.4, 0.5) is 0 Å². The second kappa shape index (κ2) is 6.69. The van der Waals surface area contributed by atoms with Crippen molar-refractivity contribution < 1.29 is 4.79 Å². The van der Waals surface area contributed by atoms with E-state index in [1.165, 1.54) is 11.9 Å². The largest absolute Gasteiger partial charge is 0.295 e. The van der Waals surface area contributed by atoms with E-state index in [0.717, 1.165) is 10.5 Å². The number of nitrogens with two attached hydrogens (primary N) is 1. The fourth-order valence-corrected chi connectivity index (χ4v) is 1.06. The highest BCUT2D eigenvalue weighted by Crippen LogP contribution is 2.12. The molecule has 1 aromatic rings. The maximum Gasteiger partial charge on any atom is 0.159 e. The summed E-state index contributed by atoms with van der Waals surface area (Å²) in [6.07, 6.45) is 0. The minimum Gasteiger partial charge on any atom is -0.295 e. The molecule has 0 aliphatic rings. The van der Waals surface area contributed by atoms with Crippen LogP contribution in [0, 0.1) is 0 Å². The molecule has 0 unspecified atom stereocenters. The quantitative estimate of drug-likeness (QED) is 0.585. The molecule has 13 heavy (non-hydrogen) atoms. The van der Waals surface area contributed by atoms with Gasteiger partial charge >= 0.3 is 0 Å². The number of carbonyl (C=O) groups excluding carboxylic acids is 1. The molecule has 1 aromatic carbocycles. The molecule has 0 spiro atoms. The summed E-state index contributed by atoms with van der Waals surface area (Å²) in [5.41, 5.74) is 0.725. The van der Waals surface area contributed by atoms with E-state index in [-0.39, 0.29) is 5.78 Å². The first-order chi connectivity index (χ1) is 6.24. The molecule has 0 atom stereocenters. The molecule has 0 bridgehead atoms. The molecule has 3 heteroatoms. The Kier molecular flexibility index (Phi) is 6.28. The highest BCUT2D eigenvalue weighted by molar-refractivity contribution is 7.97. The van der Waals surface area contributed by atoms with Crippen LogP contribution in [0.1, 0.15) is 31.1 Å². The van der Waals surface area contributed by atoms with Gasteiger partial charge in [0.1, 0.15) is 0 Å². The fraction of sp³-hybridized carbons (Fsp3) is 0.300. The Labute approximate surface area is 83.7 Å². The molecule has 72 valence electrons. The van der Waals surface area contributed by atoms with Gasteiger partial charge in [-0.25, -0.2) is 0 Å². The molecule has 0 heterocycles. The number of benzene rings is 1. The minimum atomic E-state index is 0.0820. The monoisotopic (exact) mass is 197 g/mol. The van der Waals surface area contributed by atoms with Gasteiger partial charge in [-0.3, -0.25) is 9.93 Å². The van der Waals surface area contributed by atoms with E-state index in [4.69, 9.17) is 5.14 Å². The first-order valence-corrected chi connectivity index (χ1v) is 5.09. The van der Waals surface area contributed by atoms with Crippen LogP contribution >= 0.6 is 11.9 Å². The lowest BCUT2D eigenvalue weighted by atomic mass is 10.2. The Hall–Kier alpha value is -0.800. The average molecular weight is 197 g/mol. The normalized spacial score (nSPS) is 8.62. The summed E-state index contributed by atoms with van der Waals surface area (Å²) >= 11 is 1.18. The Morgan fingerprint density at radius 3 is 2.00 bits per heavy atom. The molecule has 0 saturated carbocycles. The summed E-state index contributed by atoms with van der Waals surface area (Å²) in [6.45, 7) is 5.55. The van der Waals surface area contributed by atoms with Crippen molar-refractivity contribution >= 4 is 17.7 Å². The van der Waals surface area contributed by atoms with Gasteiger partial charge in [0.2, 0.25) is 0 Å². The van der Waals surface area contributed by atoms with Gasteiger partial charge < -0.3 is 0 Å². The average Bonchev–Trinajstić information content (AvgIpc) is 2.21. The Balaban J connectivity index is 0.000000671. The summed E-state index contributed by atoms with van der Waals surface area (Å²) < 4.78 is 0. The van der Waals surface area contributed by atoms with Crippen LogP contribution in [0.3, 0.4) is 0 Å². The van der Waals surface area contributed by atoms with E-state index < -0.39 is 0 Å². The highest BCUT2D eigenvalue weighted by Gasteiger charge is 1.97. The second-order valence-electron chi connectivity index (χ2n) is 2.20. The minimum absolute atomic E-state index is 0.0820. The Bertz CT molecular complexity index is 256. The van der Waals surface area contributed by atoms with Crippen molar-refractivity contribution in [2.75, 3.05) is 0 Å². The molecule has 0 fully saturated rings. The number of hydrogen-bond donors (Lipinski definition) is 1. The first kappa shape index (κ1) is 12.2. The summed E-state index contributed by atoms with van der Waals surface area (Å²) in [5.74, 6) is 0.0820. The summed E-state index contributed by atoms with van der Waals surface area (Å²) in [5, 5.41) is 5.31. The van der Waals surface area contributed by atoms with Crippen LogP contribution in [-0.2, 0) is 0 Å². The van der Waals surface area contributed by atoms with Gasteiger partial charge in [-0.2, -0.15) is 0 Å². The van der Waals surface area contributed by atoms with Crippen LogP contribution in [0.5, 0.6) is 0 Å². The van der Waals surface area contributed by atoms with Gasteiger partial charge in [0.15, 0.2) is 5.78 Å². The van der Waals surface area contributed by atoms with Crippen LogP contribution in [0.2, 0.25) is 0 Å². The van der Waals surface area contributed by atoms with Crippen LogP contribution in [-0.4, -0.2) is 5.78 Å². The van der Waals surface area contributed by atoms with Gasteiger partial charge in [-0.1, -0.05) is 26.0 Å². The van der Waals surface area contributed by atoms with Crippen molar-refractivity contribution in [3.05, 3.63) is 29.8 Å². The van der Waals surface area contributed by atoms with E-state index >= 15 is 0 Å². The zero-order chi connectivity index (χ0) is 10.3. The molecule has 0 radical (unpaired) electrons. The maximum absolute atomic E-state index is 10.8. The number of Topliss-reactive ketones (excluding diaryl/α,β-unsaturated/α-hetero) is 1. The molecule has 0 saturated heterocycles. The predicted molar refractivity (Wildman–Crippen MR) is 57.8 cm³/mol. The molecule has 1 rings (SSSR count). The molecular weight excluding hydrogens is 182 g/mol. The number of rotatable bonds is 2. The summed E-state index contributed by atoms with van der Waals surface area (Å²) in [7, 11) is 0. The third-order valence-corrected chi connectivity index (χ3v) is 1.94. The first-order valence-electron chi connectivity index (χ1n) is 4.22. The summed E-state index contributed by atoms with van der Waals surface area (Å²) in [6, 6.07) is 7.22. The van der Waals surface area contributed by atoms with Gasteiger partial charge in [0, 0.05) is 10.5 Å². The maximum atomic E-state index is 10.8. The van der Waals surface area contributed by atoms with E-state index in [9.17, 15) is 4.79 Å². The molecule has 0 aromatic heterocycles. The Morgan fingerprint density at radius 2 is 1.69 bits per heavy atom. The van der Waals surface area contributed by atoms with Crippen molar-refractivity contribution in [2.45, 2.75) is 25.7 Å². The lowest BCUT2D eigenvalue weighted by Crippen LogP contribution is -1.90. The van der Waals surface area contributed by atoms with Gasteiger partial charge in [-0.05, 0) is 31.0 Å². The van der Waals surface area contributed by atoms with E-state index in [1.54, 1.807) is 19.1 Å². The fourth-order valence-electron chi connectivity index (χ4n) is 0.768. The van der Waals surface area contributed by atoms with Gasteiger partial charge in [0.05, 0.1) is 0 Å². The van der Waals surface area contributed by atoms with E-state index in [0.29, 0.717) is 0 Å². The van der Waals surface area contributed by atoms with Crippen molar-refractivity contribution in [2.24, 2.45) is 5.14 Å². The van der Waals surface area contributed by atoms with Crippen LogP contribution in [0.25, 0.3) is 0 Å². The SMILES string of the molecule is CC.CC(=O)c1ccc(SN)cc1. The molecule has 0 aliphatic heterocycles. The third-order valence-electron chi connectivity index (χ3n) is 1.40. The van der Waals surface area contributed by atoms with E-state index in [1.807, 2.05) is 26.0 Å². The zero-order valence-electron chi connectivity index (χ0n) is 8.20. The number of hydrogen-bond acceptors (Lipinski definition) is 3. The van der Waals surface area contributed by atoms with Crippen molar-refractivity contribution in [3.8, 4) is 0 Å². The third kappa shape index (κ3) is 4.10. The predicted octanol–water partition coefficient (Wildman–Crippen LogP) is 2.88. The number of ketones is 1. The van der Waals surface area contributed by atoms with Crippen molar-refractivity contribution in [3.63, 3.8) is 0 Å². The molecular formula is C10H15NOS.